The zero-order valence-electron chi connectivity index (χ0n) is 12.2. The molecule has 22 heavy (non-hydrogen) atoms. The number of nitrogens with one attached hydrogen (secondary N) is 1. The molecule has 2 aromatic rings. The Bertz CT molecular complexity index is 676. The highest BCUT2D eigenvalue weighted by Crippen LogP contribution is 2.23. The molecule has 6 heteroatoms. The van der Waals surface area contributed by atoms with E-state index in [2.05, 4.69) is 5.48 Å². The number of halogens is 1. The molecule has 2 rings (SSSR count). The molecule has 0 saturated carbocycles. The van der Waals surface area contributed by atoms with Gasteiger partial charge in [0, 0.05) is 5.02 Å². The Morgan fingerprint density at radius 1 is 1.27 bits per heavy atom. The Morgan fingerprint density at radius 3 is 2.68 bits per heavy atom. The van der Waals surface area contributed by atoms with Crippen LogP contribution in [0, 0.1) is 13.1 Å². The van der Waals surface area contributed by atoms with Crippen LogP contribution in [0.3, 0.4) is 0 Å². The van der Waals surface area contributed by atoms with E-state index in [1.54, 1.807) is 12.1 Å². The first-order valence-corrected chi connectivity index (χ1v) is 6.90. The normalized spacial score (nSPS) is 10.2. The Labute approximate surface area is 133 Å². The minimum atomic E-state index is -0.643. The standard InChI is InChI=1S/C16H16ClN2O3/c1-10-5-3-4-6-12(10)15(18)19-22-16(20)13-9-11(17)7-8-14(13)21-2/h3-9,19H,18H2,1-2H3/q-1. The van der Waals surface area contributed by atoms with Crippen LogP contribution in [0.4, 0.5) is 0 Å². The topological polar surface area (TPSA) is 73.6 Å². The zero-order chi connectivity index (χ0) is 16.1. The van der Waals surface area contributed by atoms with Gasteiger partial charge in [-0.15, -0.1) is 17.7 Å². The van der Waals surface area contributed by atoms with Crippen LogP contribution in [0.25, 0.3) is 0 Å². The first-order valence-electron chi connectivity index (χ1n) is 6.52. The largest absolute Gasteiger partial charge is 0.496 e. The molecular weight excluding hydrogens is 304 g/mol. The molecular formula is C16H16ClN2O3-. The summed E-state index contributed by atoms with van der Waals surface area (Å²) in [7, 11) is 1.46. The molecule has 0 heterocycles. The second-order valence-corrected chi connectivity index (χ2v) is 5.00. The highest BCUT2D eigenvalue weighted by Gasteiger charge is 2.15. The van der Waals surface area contributed by atoms with Gasteiger partial charge in [-0.25, -0.2) is 4.79 Å². The van der Waals surface area contributed by atoms with Crippen molar-refractivity contribution >= 4 is 17.6 Å². The molecule has 0 unspecified atom stereocenters. The van der Waals surface area contributed by atoms with E-state index in [1.165, 1.54) is 13.2 Å². The zero-order valence-corrected chi connectivity index (χ0v) is 13.0. The lowest BCUT2D eigenvalue weighted by Crippen LogP contribution is -2.32. The molecule has 0 aliphatic carbocycles. The maximum atomic E-state index is 12.1. The van der Waals surface area contributed by atoms with E-state index in [0.717, 1.165) is 11.1 Å². The summed E-state index contributed by atoms with van der Waals surface area (Å²) < 4.78 is 5.11. The minimum Gasteiger partial charge on any atom is -0.496 e. The van der Waals surface area contributed by atoms with E-state index in [1.807, 2.05) is 31.2 Å². The van der Waals surface area contributed by atoms with Crippen LogP contribution in [0.2, 0.25) is 5.02 Å². The van der Waals surface area contributed by atoms with Crippen molar-refractivity contribution in [2.24, 2.45) is 5.73 Å². The maximum absolute atomic E-state index is 12.1. The minimum absolute atomic E-state index is 0.208. The average molecular weight is 320 g/mol. The highest BCUT2D eigenvalue weighted by atomic mass is 35.5. The number of rotatable bonds is 5. The van der Waals surface area contributed by atoms with Crippen LogP contribution >= 0.6 is 11.6 Å². The van der Waals surface area contributed by atoms with Gasteiger partial charge in [-0.3, -0.25) is 0 Å². The maximum Gasteiger partial charge on any atom is 0.360 e. The Kier molecular flexibility index (Phi) is 5.27. The smallest absolute Gasteiger partial charge is 0.360 e. The summed E-state index contributed by atoms with van der Waals surface area (Å²) in [6.07, 6.45) is 0.243. The van der Waals surface area contributed by atoms with Gasteiger partial charge in [-0.05, 0) is 24.4 Å². The SMILES string of the molecule is COc1ccc(Cl)cc1C(=O)ON[C-](N)c1ccccc1C. The van der Waals surface area contributed by atoms with Gasteiger partial charge in [0.25, 0.3) is 0 Å². The Balaban J connectivity index is 2.07. The van der Waals surface area contributed by atoms with Gasteiger partial charge in [-0.1, -0.05) is 24.6 Å². The van der Waals surface area contributed by atoms with E-state index in [0.29, 0.717) is 10.8 Å². The molecule has 3 N–H and O–H groups in total. The van der Waals surface area contributed by atoms with Crippen molar-refractivity contribution in [3.05, 3.63) is 70.3 Å². The van der Waals surface area contributed by atoms with E-state index >= 15 is 0 Å². The third-order valence-corrected chi connectivity index (χ3v) is 3.31. The number of nitrogens with two attached hydrogens (primary N) is 1. The number of hydrogen-bond donors (Lipinski definition) is 2. The number of carbonyl (C=O) groups excluding carboxylic acids is 1. The van der Waals surface area contributed by atoms with Crippen LogP contribution in [0.15, 0.2) is 42.5 Å². The van der Waals surface area contributed by atoms with Crippen LogP contribution in [0.1, 0.15) is 21.5 Å². The van der Waals surface area contributed by atoms with Crippen molar-refractivity contribution in [2.45, 2.75) is 6.92 Å². The fourth-order valence-corrected chi connectivity index (χ4v) is 2.10. The molecule has 116 valence electrons. The predicted molar refractivity (Wildman–Crippen MR) is 84.3 cm³/mol. The molecule has 5 nitrogen and oxygen atoms in total. The summed E-state index contributed by atoms with van der Waals surface area (Å²) in [6, 6.07) is 12.2. The van der Waals surface area contributed by atoms with Gasteiger partial charge in [0.2, 0.25) is 0 Å². The van der Waals surface area contributed by atoms with Crippen molar-refractivity contribution in [3.63, 3.8) is 0 Å². The van der Waals surface area contributed by atoms with E-state index < -0.39 is 5.97 Å². The lowest BCUT2D eigenvalue weighted by Gasteiger charge is -2.23. The number of carbonyl (C=O) groups is 1. The number of hydroxylamine groups is 1. The van der Waals surface area contributed by atoms with Crippen molar-refractivity contribution in [3.8, 4) is 5.75 Å². The van der Waals surface area contributed by atoms with Crippen LogP contribution in [-0.2, 0) is 4.84 Å². The van der Waals surface area contributed by atoms with Gasteiger partial charge in [0.1, 0.15) is 11.3 Å². The third kappa shape index (κ3) is 3.71. The van der Waals surface area contributed by atoms with Gasteiger partial charge >= 0.3 is 5.97 Å². The van der Waals surface area contributed by atoms with Crippen molar-refractivity contribution < 1.29 is 14.4 Å². The van der Waals surface area contributed by atoms with Gasteiger partial charge in [-0.2, -0.15) is 17.1 Å². The number of hydrogen-bond acceptors (Lipinski definition) is 5. The summed E-state index contributed by atoms with van der Waals surface area (Å²) >= 11 is 5.88. The molecule has 0 bridgehead atoms. The summed E-state index contributed by atoms with van der Waals surface area (Å²) in [5.41, 5.74) is 10.3. The molecule has 0 aromatic heterocycles. The lowest BCUT2D eigenvalue weighted by molar-refractivity contribution is 0.0276. The lowest BCUT2D eigenvalue weighted by atomic mass is 10.1. The van der Waals surface area contributed by atoms with Crippen LogP contribution in [-0.4, -0.2) is 13.1 Å². The van der Waals surface area contributed by atoms with Crippen molar-refractivity contribution in [1.29, 1.82) is 0 Å². The Hall–Kier alpha value is -2.21. The van der Waals surface area contributed by atoms with Gasteiger partial charge in [0.15, 0.2) is 0 Å². The average Bonchev–Trinajstić information content (AvgIpc) is 2.52. The van der Waals surface area contributed by atoms with E-state index in [9.17, 15) is 4.79 Å². The van der Waals surface area contributed by atoms with E-state index in [4.69, 9.17) is 26.9 Å². The Morgan fingerprint density at radius 2 is 2.00 bits per heavy atom. The van der Waals surface area contributed by atoms with Gasteiger partial charge in [0.05, 0.1) is 7.11 Å². The fourth-order valence-electron chi connectivity index (χ4n) is 1.93. The summed E-state index contributed by atoms with van der Waals surface area (Å²) in [6.45, 7) is 1.91. The summed E-state index contributed by atoms with van der Waals surface area (Å²) in [5.74, 6) is -0.276. The van der Waals surface area contributed by atoms with Crippen LogP contribution in [0.5, 0.6) is 5.75 Å². The molecule has 0 fully saturated rings. The van der Waals surface area contributed by atoms with Crippen molar-refractivity contribution in [2.75, 3.05) is 7.11 Å². The number of benzene rings is 2. The van der Waals surface area contributed by atoms with Crippen molar-refractivity contribution in [1.82, 2.24) is 5.48 Å². The monoisotopic (exact) mass is 319 g/mol. The molecule has 0 spiro atoms. The first-order chi connectivity index (χ1) is 10.5. The molecule has 0 aliphatic heterocycles. The molecule has 0 amide bonds. The molecule has 0 aliphatic rings. The molecule has 2 aromatic carbocycles. The number of aryl methyl sites for hydroxylation is 1. The fraction of sp³-hybridized carbons (Fsp3) is 0.125. The quantitative estimate of drug-likeness (QED) is 0.655. The van der Waals surface area contributed by atoms with Crippen LogP contribution < -0.4 is 16.0 Å². The molecule has 0 saturated heterocycles. The second kappa shape index (κ2) is 7.17. The second-order valence-electron chi connectivity index (χ2n) is 4.56. The summed E-state index contributed by atoms with van der Waals surface area (Å²) in [5, 5.41) is 0.406. The molecule has 0 atom stereocenters. The number of ether oxygens (including phenoxy) is 1. The highest BCUT2D eigenvalue weighted by molar-refractivity contribution is 6.31. The number of methoxy groups -OCH3 is 1. The first kappa shape index (κ1) is 16.2. The van der Waals surface area contributed by atoms with E-state index in [-0.39, 0.29) is 11.7 Å². The third-order valence-electron chi connectivity index (χ3n) is 3.07. The van der Waals surface area contributed by atoms with Gasteiger partial charge < -0.3 is 15.3 Å². The predicted octanol–water partition coefficient (Wildman–Crippen LogP) is 2.81. The summed E-state index contributed by atoms with van der Waals surface area (Å²) in [4.78, 5) is 17.1. The molecule has 0 radical (unpaired) electrons.